The number of ether oxygens (including phenoxy) is 1. The van der Waals surface area contributed by atoms with Gasteiger partial charge in [0, 0.05) is 7.11 Å². The third kappa shape index (κ3) is 3.48. The van der Waals surface area contributed by atoms with Gasteiger partial charge < -0.3 is 4.74 Å². The Morgan fingerprint density at radius 1 is 1.47 bits per heavy atom. The van der Waals surface area contributed by atoms with Gasteiger partial charge >= 0.3 is 0 Å². The number of nitriles is 1. The second-order valence-electron chi connectivity index (χ2n) is 4.90. The van der Waals surface area contributed by atoms with Crippen LogP contribution in [-0.2, 0) is 4.74 Å². The van der Waals surface area contributed by atoms with Crippen molar-refractivity contribution in [3.05, 3.63) is 0 Å². The van der Waals surface area contributed by atoms with E-state index < -0.39 is 0 Å². The second kappa shape index (κ2) is 5.48. The normalized spacial score (nSPS) is 31.5. The molecule has 1 aliphatic carbocycles. The topological polar surface area (TPSA) is 45.0 Å². The molecule has 0 atom stereocenters. The molecule has 0 aromatic heterocycles. The van der Waals surface area contributed by atoms with Gasteiger partial charge in [0.2, 0.25) is 0 Å². The first-order valence-electron chi connectivity index (χ1n) is 5.81. The van der Waals surface area contributed by atoms with Gasteiger partial charge in [0.05, 0.1) is 12.2 Å². The van der Waals surface area contributed by atoms with Crippen molar-refractivity contribution in [2.24, 2.45) is 5.92 Å². The molecule has 0 aromatic carbocycles. The minimum absolute atomic E-state index is 0.292. The van der Waals surface area contributed by atoms with E-state index in [4.69, 9.17) is 4.74 Å². The van der Waals surface area contributed by atoms with E-state index in [0.29, 0.717) is 12.0 Å². The van der Waals surface area contributed by atoms with E-state index in [9.17, 15) is 5.26 Å². The van der Waals surface area contributed by atoms with Gasteiger partial charge in [-0.1, -0.05) is 13.8 Å². The fourth-order valence-corrected chi connectivity index (χ4v) is 2.05. The van der Waals surface area contributed by atoms with Crippen molar-refractivity contribution >= 4 is 0 Å². The molecule has 1 aliphatic rings. The minimum atomic E-state index is -0.292. The fraction of sp³-hybridized carbons (Fsp3) is 0.917. The standard InChI is InChI=1S/C12H22N2O/c1-10(2)8-14-12(9-13)6-4-11(15-3)5-7-12/h10-11,14H,4-8H2,1-3H3. The summed E-state index contributed by atoms with van der Waals surface area (Å²) in [6.07, 6.45) is 4.17. The Hall–Kier alpha value is -0.590. The van der Waals surface area contributed by atoms with Crippen molar-refractivity contribution in [1.82, 2.24) is 5.32 Å². The van der Waals surface area contributed by atoms with Gasteiger partial charge in [-0.3, -0.25) is 5.32 Å². The van der Waals surface area contributed by atoms with Crippen molar-refractivity contribution in [2.45, 2.75) is 51.2 Å². The molecule has 1 N–H and O–H groups in total. The number of rotatable bonds is 4. The first kappa shape index (κ1) is 12.5. The number of nitrogens with zero attached hydrogens (tertiary/aromatic N) is 1. The quantitative estimate of drug-likeness (QED) is 0.772. The molecule has 0 heterocycles. The van der Waals surface area contributed by atoms with Gasteiger partial charge in [0.1, 0.15) is 5.54 Å². The lowest BCUT2D eigenvalue weighted by atomic mass is 9.81. The zero-order valence-corrected chi connectivity index (χ0v) is 10.0. The average Bonchev–Trinajstić information content (AvgIpc) is 2.27. The maximum atomic E-state index is 9.26. The molecule has 15 heavy (non-hydrogen) atoms. The van der Waals surface area contributed by atoms with E-state index in [2.05, 4.69) is 25.2 Å². The van der Waals surface area contributed by atoms with Gasteiger partial charge in [-0.25, -0.2) is 0 Å². The monoisotopic (exact) mass is 210 g/mol. The minimum Gasteiger partial charge on any atom is -0.381 e. The molecular formula is C12H22N2O. The summed E-state index contributed by atoms with van der Waals surface area (Å²) in [7, 11) is 1.76. The fourth-order valence-electron chi connectivity index (χ4n) is 2.05. The molecule has 1 saturated carbocycles. The Labute approximate surface area is 92.8 Å². The van der Waals surface area contributed by atoms with Crippen LogP contribution in [0.4, 0.5) is 0 Å². The Morgan fingerprint density at radius 2 is 2.07 bits per heavy atom. The second-order valence-corrected chi connectivity index (χ2v) is 4.90. The number of hydrogen-bond donors (Lipinski definition) is 1. The summed E-state index contributed by atoms with van der Waals surface area (Å²) in [6, 6.07) is 2.45. The van der Waals surface area contributed by atoms with Crippen LogP contribution in [0, 0.1) is 17.2 Å². The van der Waals surface area contributed by atoms with Crippen molar-refractivity contribution in [1.29, 1.82) is 5.26 Å². The third-order valence-corrected chi connectivity index (χ3v) is 3.18. The molecular weight excluding hydrogens is 188 g/mol. The predicted octanol–water partition coefficient (Wildman–Crippen LogP) is 2.08. The average molecular weight is 210 g/mol. The molecule has 0 aromatic rings. The summed E-state index contributed by atoms with van der Waals surface area (Å²) < 4.78 is 5.32. The van der Waals surface area contributed by atoms with Crippen LogP contribution in [0.2, 0.25) is 0 Å². The highest BCUT2D eigenvalue weighted by molar-refractivity contribution is 5.09. The highest BCUT2D eigenvalue weighted by Gasteiger charge is 2.35. The van der Waals surface area contributed by atoms with E-state index in [1.165, 1.54) is 0 Å². The zero-order valence-electron chi connectivity index (χ0n) is 10.0. The Morgan fingerprint density at radius 3 is 2.47 bits per heavy atom. The summed E-state index contributed by atoms with van der Waals surface area (Å²) in [4.78, 5) is 0. The molecule has 0 unspecified atom stereocenters. The van der Waals surface area contributed by atoms with Crippen LogP contribution < -0.4 is 5.32 Å². The molecule has 0 saturated heterocycles. The molecule has 3 nitrogen and oxygen atoms in total. The van der Waals surface area contributed by atoms with Gasteiger partial charge in [-0.15, -0.1) is 0 Å². The highest BCUT2D eigenvalue weighted by Crippen LogP contribution is 2.29. The lowest BCUT2D eigenvalue weighted by Crippen LogP contribution is -2.49. The van der Waals surface area contributed by atoms with E-state index >= 15 is 0 Å². The lowest BCUT2D eigenvalue weighted by molar-refractivity contribution is 0.0520. The van der Waals surface area contributed by atoms with Crippen molar-refractivity contribution in [2.75, 3.05) is 13.7 Å². The van der Waals surface area contributed by atoms with E-state index in [-0.39, 0.29) is 5.54 Å². The van der Waals surface area contributed by atoms with Crippen LogP contribution in [0.3, 0.4) is 0 Å². The molecule has 0 spiro atoms. The molecule has 0 aliphatic heterocycles. The van der Waals surface area contributed by atoms with Crippen LogP contribution in [0.5, 0.6) is 0 Å². The van der Waals surface area contributed by atoms with Gasteiger partial charge in [0.25, 0.3) is 0 Å². The maximum absolute atomic E-state index is 9.26. The summed E-state index contributed by atoms with van der Waals surface area (Å²) in [5.74, 6) is 0.593. The largest absolute Gasteiger partial charge is 0.381 e. The van der Waals surface area contributed by atoms with E-state index in [1.54, 1.807) is 7.11 Å². The van der Waals surface area contributed by atoms with Crippen molar-refractivity contribution < 1.29 is 4.74 Å². The molecule has 0 amide bonds. The van der Waals surface area contributed by atoms with Crippen LogP contribution >= 0.6 is 0 Å². The van der Waals surface area contributed by atoms with Gasteiger partial charge in [0.15, 0.2) is 0 Å². The van der Waals surface area contributed by atoms with Crippen LogP contribution in [0.25, 0.3) is 0 Å². The summed E-state index contributed by atoms with van der Waals surface area (Å²) in [5, 5.41) is 12.7. The van der Waals surface area contributed by atoms with Crippen molar-refractivity contribution in [3.8, 4) is 6.07 Å². The molecule has 1 rings (SSSR count). The molecule has 1 fully saturated rings. The summed E-state index contributed by atoms with van der Waals surface area (Å²) in [6.45, 7) is 5.25. The van der Waals surface area contributed by atoms with Gasteiger partial charge in [-0.05, 0) is 38.1 Å². The highest BCUT2D eigenvalue weighted by atomic mass is 16.5. The van der Waals surface area contributed by atoms with Gasteiger partial charge in [-0.2, -0.15) is 5.26 Å². The first-order chi connectivity index (χ1) is 7.12. The summed E-state index contributed by atoms with van der Waals surface area (Å²) >= 11 is 0. The molecule has 86 valence electrons. The van der Waals surface area contributed by atoms with Crippen LogP contribution in [0.1, 0.15) is 39.5 Å². The Kier molecular flexibility index (Phi) is 4.56. The third-order valence-electron chi connectivity index (χ3n) is 3.18. The molecule has 0 bridgehead atoms. The summed E-state index contributed by atoms with van der Waals surface area (Å²) in [5.41, 5.74) is -0.292. The smallest absolute Gasteiger partial charge is 0.106 e. The number of hydrogen-bond acceptors (Lipinski definition) is 3. The molecule has 0 radical (unpaired) electrons. The maximum Gasteiger partial charge on any atom is 0.106 e. The SMILES string of the molecule is COC1CCC(C#N)(NCC(C)C)CC1. The van der Waals surface area contributed by atoms with Crippen LogP contribution in [0.15, 0.2) is 0 Å². The van der Waals surface area contributed by atoms with E-state index in [0.717, 1.165) is 32.2 Å². The Balaban J connectivity index is 2.46. The van der Waals surface area contributed by atoms with Crippen LogP contribution in [-0.4, -0.2) is 25.3 Å². The zero-order chi connectivity index (χ0) is 11.3. The Bertz CT molecular complexity index is 224. The predicted molar refractivity (Wildman–Crippen MR) is 60.4 cm³/mol. The number of nitrogens with one attached hydrogen (secondary N) is 1. The number of methoxy groups -OCH3 is 1. The molecule has 3 heteroatoms. The van der Waals surface area contributed by atoms with Crippen molar-refractivity contribution in [3.63, 3.8) is 0 Å². The first-order valence-corrected chi connectivity index (χ1v) is 5.81. The van der Waals surface area contributed by atoms with E-state index in [1.807, 2.05) is 0 Å². The lowest BCUT2D eigenvalue weighted by Gasteiger charge is -2.35.